The highest BCUT2D eigenvalue weighted by Gasteiger charge is 2.03. The highest BCUT2D eigenvalue weighted by Crippen LogP contribution is 2.24. The minimum atomic E-state index is -0.230. The zero-order valence-electron chi connectivity index (χ0n) is 14.3. The van der Waals surface area contributed by atoms with Crippen LogP contribution in [0.15, 0.2) is 89.3 Å². The van der Waals surface area contributed by atoms with Crippen LogP contribution >= 0.6 is 11.3 Å². The minimum absolute atomic E-state index is 0.230. The number of hydrogen-bond acceptors (Lipinski definition) is 4. The van der Waals surface area contributed by atoms with Gasteiger partial charge in [-0.15, -0.1) is 11.3 Å². The number of nitrogens with one attached hydrogen (secondary N) is 1. The molecule has 132 valence electrons. The molecule has 0 atom stereocenters. The van der Waals surface area contributed by atoms with Crippen LogP contribution < -0.4 is 5.43 Å². The van der Waals surface area contributed by atoms with Crippen molar-refractivity contribution in [1.29, 1.82) is 0 Å². The maximum absolute atomic E-state index is 13.0. The lowest BCUT2D eigenvalue weighted by Gasteiger charge is -2.02. The van der Waals surface area contributed by atoms with Gasteiger partial charge < -0.3 is 0 Å². The van der Waals surface area contributed by atoms with Gasteiger partial charge in [0, 0.05) is 10.9 Å². The van der Waals surface area contributed by atoms with Crippen LogP contribution in [0.1, 0.15) is 5.56 Å². The van der Waals surface area contributed by atoms with Crippen LogP contribution in [0.2, 0.25) is 0 Å². The molecular weight excluding hydrogens is 357 g/mol. The Morgan fingerprint density at radius 2 is 1.48 bits per heavy atom. The van der Waals surface area contributed by atoms with E-state index in [1.54, 1.807) is 18.3 Å². The maximum Gasteiger partial charge on any atom is 0.203 e. The van der Waals surface area contributed by atoms with E-state index in [2.05, 4.69) is 15.5 Å². The molecule has 0 saturated carbocycles. The van der Waals surface area contributed by atoms with Gasteiger partial charge in [-0.1, -0.05) is 66.7 Å². The van der Waals surface area contributed by atoms with Gasteiger partial charge in [0.2, 0.25) is 5.13 Å². The predicted octanol–water partition coefficient (Wildman–Crippen LogP) is 6.06. The summed E-state index contributed by atoms with van der Waals surface area (Å²) >= 11 is 1.51. The van der Waals surface area contributed by atoms with E-state index in [-0.39, 0.29) is 5.82 Å². The van der Waals surface area contributed by atoms with E-state index in [1.165, 1.54) is 23.5 Å². The monoisotopic (exact) mass is 373 g/mol. The summed E-state index contributed by atoms with van der Waals surface area (Å²) in [6.45, 7) is 0. The summed E-state index contributed by atoms with van der Waals surface area (Å²) < 4.78 is 13.0. The summed E-state index contributed by atoms with van der Waals surface area (Å²) in [5.74, 6) is -0.230. The Kier molecular flexibility index (Phi) is 5.03. The number of thiazole rings is 1. The highest BCUT2D eigenvalue weighted by atomic mass is 32.1. The summed E-state index contributed by atoms with van der Waals surface area (Å²) in [6, 6.07) is 24.4. The molecule has 27 heavy (non-hydrogen) atoms. The van der Waals surface area contributed by atoms with Crippen molar-refractivity contribution in [3.63, 3.8) is 0 Å². The molecule has 0 bridgehead atoms. The fourth-order valence-electron chi connectivity index (χ4n) is 2.63. The Morgan fingerprint density at radius 3 is 2.19 bits per heavy atom. The third kappa shape index (κ3) is 4.27. The van der Waals surface area contributed by atoms with E-state index in [0.29, 0.717) is 0 Å². The van der Waals surface area contributed by atoms with Gasteiger partial charge in [0.25, 0.3) is 0 Å². The molecule has 0 aliphatic rings. The van der Waals surface area contributed by atoms with E-state index in [9.17, 15) is 4.39 Å². The molecule has 1 N–H and O–H groups in total. The molecule has 0 spiro atoms. The number of nitrogens with zero attached hydrogens (tertiary/aromatic N) is 2. The van der Waals surface area contributed by atoms with Gasteiger partial charge in [-0.3, -0.25) is 5.43 Å². The first kappa shape index (κ1) is 17.1. The number of rotatable bonds is 5. The Labute approximate surface area is 160 Å². The predicted molar refractivity (Wildman–Crippen MR) is 111 cm³/mol. The highest BCUT2D eigenvalue weighted by molar-refractivity contribution is 7.14. The molecule has 4 aromatic rings. The molecule has 4 rings (SSSR count). The number of hydrogen-bond donors (Lipinski definition) is 1. The van der Waals surface area contributed by atoms with Crippen LogP contribution in [0.4, 0.5) is 9.52 Å². The molecule has 1 aromatic heterocycles. The lowest BCUT2D eigenvalue weighted by molar-refractivity contribution is 0.628. The van der Waals surface area contributed by atoms with E-state index in [1.807, 2.05) is 60.0 Å². The van der Waals surface area contributed by atoms with Crippen molar-refractivity contribution in [2.24, 2.45) is 5.10 Å². The Hall–Kier alpha value is -3.31. The first-order valence-electron chi connectivity index (χ1n) is 8.44. The van der Waals surface area contributed by atoms with E-state index >= 15 is 0 Å². The Balaban J connectivity index is 1.40. The maximum atomic E-state index is 13.0. The molecule has 0 saturated heterocycles. The lowest BCUT2D eigenvalue weighted by Crippen LogP contribution is -1.90. The zero-order chi connectivity index (χ0) is 18.5. The summed E-state index contributed by atoms with van der Waals surface area (Å²) in [5, 5.41) is 7.00. The van der Waals surface area contributed by atoms with Gasteiger partial charge in [-0.25, -0.2) is 9.37 Å². The number of aromatic nitrogens is 1. The molecular formula is C22H16FN3S. The van der Waals surface area contributed by atoms with Crippen LogP contribution in [-0.4, -0.2) is 11.2 Å². The molecule has 0 unspecified atom stereocenters. The lowest BCUT2D eigenvalue weighted by atomic mass is 10.0. The average molecular weight is 373 g/mol. The molecule has 0 radical (unpaired) electrons. The fraction of sp³-hybridized carbons (Fsp3) is 0. The molecule has 0 fully saturated rings. The fourth-order valence-corrected chi connectivity index (χ4v) is 3.30. The largest absolute Gasteiger partial charge is 0.253 e. The molecule has 1 heterocycles. The van der Waals surface area contributed by atoms with Crippen molar-refractivity contribution in [2.45, 2.75) is 0 Å². The number of anilines is 1. The second-order valence-electron chi connectivity index (χ2n) is 5.90. The summed E-state index contributed by atoms with van der Waals surface area (Å²) in [4.78, 5) is 4.54. The molecule has 3 nitrogen and oxygen atoms in total. The molecule has 0 aliphatic heterocycles. The summed E-state index contributed by atoms with van der Waals surface area (Å²) in [7, 11) is 0. The SMILES string of the molecule is Fc1ccc(-c2ccc(C=NNc3nc(-c4ccccc4)cs3)cc2)cc1. The van der Waals surface area contributed by atoms with Crippen LogP contribution in [-0.2, 0) is 0 Å². The van der Waals surface area contributed by atoms with E-state index in [4.69, 9.17) is 0 Å². The molecule has 0 amide bonds. The van der Waals surface area contributed by atoms with Crippen molar-refractivity contribution in [2.75, 3.05) is 5.43 Å². The van der Waals surface area contributed by atoms with Gasteiger partial charge in [-0.2, -0.15) is 5.10 Å². The van der Waals surface area contributed by atoms with Crippen LogP contribution in [0, 0.1) is 5.82 Å². The standard InChI is InChI=1S/C22H16FN3S/c23-20-12-10-18(11-13-20)17-8-6-16(7-9-17)14-24-26-22-25-21(15-27-22)19-4-2-1-3-5-19/h1-15H,(H,25,26). The van der Waals surface area contributed by atoms with Crippen LogP contribution in [0.25, 0.3) is 22.4 Å². The smallest absolute Gasteiger partial charge is 0.203 e. The quantitative estimate of drug-likeness (QED) is 0.341. The number of halogens is 1. The molecule has 5 heteroatoms. The van der Waals surface area contributed by atoms with Crippen molar-refractivity contribution in [1.82, 2.24) is 4.98 Å². The Bertz CT molecular complexity index is 1040. The summed E-state index contributed by atoms with van der Waals surface area (Å²) in [6.07, 6.45) is 1.75. The average Bonchev–Trinajstić information content (AvgIpc) is 3.19. The third-order valence-corrected chi connectivity index (χ3v) is 4.78. The molecule has 3 aromatic carbocycles. The molecule has 0 aliphatic carbocycles. The summed E-state index contributed by atoms with van der Waals surface area (Å²) in [5.41, 5.74) is 7.97. The van der Waals surface area contributed by atoms with Gasteiger partial charge in [0.1, 0.15) is 5.82 Å². The zero-order valence-corrected chi connectivity index (χ0v) is 15.2. The second-order valence-corrected chi connectivity index (χ2v) is 6.76. The first-order valence-corrected chi connectivity index (χ1v) is 9.32. The third-order valence-electron chi connectivity index (χ3n) is 4.04. The van der Waals surface area contributed by atoms with Crippen LogP contribution in [0.3, 0.4) is 0 Å². The van der Waals surface area contributed by atoms with Crippen molar-refractivity contribution >= 4 is 22.7 Å². The first-order chi connectivity index (χ1) is 13.3. The second kappa shape index (κ2) is 7.93. The van der Waals surface area contributed by atoms with Gasteiger partial charge >= 0.3 is 0 Å². The van der Waals surface area contributed by atoms with Crippen LogP contribution in [0.5, 0.6) is 0 Å². The topological polar surface area (TPSA) is 37.3 Å². The van der Waals surface area contributed by atoms with E-state index < -0.39 is 0 Å². The van der Waals surface area contributed by atoms with Gasteiger partial charge in [-0.05, 0) is 28.8 Å². The van der Waals surface area contributed by atoms with E-state index in [0.717, 1.165) is 33.1 Å². The number of hydrazone groups is 1. The minimum Gasteiger partial charge on any atom is -0.253 e. The van der Waals surface area contributed by atoms with Gasteiger partial charge in [0.05, 0.1) is 11.9 Å². The van der Waals surface area contributed by atoms with Crippen molar-refractivity contribution in [3.8, 4) is 22.4 Å². The van der Waals surface area contributed by atoms with Gasteiger partial charge in [0.15, 0.2) is 0 Å². The van der Waals surface area contributed by atoms with Crippen molar-refractivity contribution < 1.29 is 4.39 Å². The number of benzene rings is 3. The normalized spacial score (nSPS) is 11.0. The Morgan fingerprint density at radius 1 is 0.815 bits per heavy atom. The van der Waals surface area contributed by atoms with Crippen molar-refractivity contribution in [3.05, 3.63) is 95.6 Å².